The number of benzene rings is 1. The molecule has 1 aromatic rings. The quantitative estimate of drug-likeness (QED) is 0.685. The van der Waals surface area contributed by atoms with Crippen molar-refractivity contribution in [2.24, 2.45) is 0 Å². The average Bonchev–Trinajstić information content (AvgIpc) is 2.40. The van der Waals surface area contributed by atoms with Crippen LogP contribution in [0, 0.1) is 0 Å². The molecule has 0 atom stereocenters. The summed E-state index contributed by atoms with van der Waals surface area (Å²) in [5.41, 5.74) is 1.41. The molecule has 3 heteroatoms. The molecule has 0 unspecified atom stereocenters. The molecule has 1 rings (SSSR count). The Morgan fingerprint density at radius 3 is 1.71 bits per heavy atom. The van der Waals surface area contributed by atoms with Crippen molar-refractivity contribution in [3.8, 4) is 0 Å². The van der Waals surface area contributed by atoms with Crippen molar-refractivity contribution < 1.29 is 14.2 Å². The van der Waals surface area contributed by atoms with Gasteiger partial charge in [0, 0.05) is 14.2 Å². The molecule has 0 bridgehead atoms. The zero-order valence-corrected chi connectivity index (χ0v) is 11.1. The molecule has 0 heterocycles. The molecular formula is C14H24O3. The van der Waals surface area contributed by atoms with Gasteiger partial charge in [0.05, 0.1) is 26.4 Å². The Bertz CT molecular complexity index is 230. The third-order valence-electron chi connectivity index (χ3n) is 2.11. The van der Waals surface area contributed by atoms with Gasteiger partial charge in [0.25, 0.3) is 0 Å². The predicted molar refractivity (Wildman–Crippen MR) is 70.4 cm³/mol. The molecule has 0 aliphatic carbocycles. The average molecular weight is 240 g/mol. The summed E-state index contributed by atoms with van der Waals surface area (Å²) >= 11 is 0. The summed E-state index contributed by atoms with van der Waals surface area (Å²) in [6.07, 6.45) is 1.14. The highest BCUT2D eigenvalue weighted by molar-refractivity contribution is 5.13. The Kier molecular flexibility index (Phi) is 12.5. The monoisotopic (exact) mass is 240 g/mol. The van der Waals surface area contributed by atoms with Crippen LogP contribution in [0.2, 0.25) is 0 Å². The minimum atomic E-state index is 0.653. The fourth-order valence-corrected chi connectivity index (χ4v) is 1.10. The molecule has 0 saturated carbocycles. The number of ether oxygens (including phenoxy) is 3. The zero-order valence-electron chi connectivity index (χ0n) is 11.1. The third kappa shape index (κ3) is 11.4. The second-order valence-corrected chi connectivity index (χ2v) is 3.44. The number of rotatable bonds is 7. The van der Waals surface area contributed by atoms with Crippen LogP contribution in [0.5, 0.6) is 0 Å². The molecule has 98 valence electrons. The fraction of sp³-hybridized carbons (Fsp3) is 0.571. The SMILES string of the molecule is CCc1ccccc1.COCCOCCOC. The van der Waals surface area contributed by atoms with Crippen molar-refractivity contribution in [2.45, 2.75) is 13.3 Å². The number of hydrogen-bond donors (Lipinski definition) is 0. The van der Waals surface area contributed by atoms with E-state index in [9.17, 15) is 0 Å². The van der Waals surface area contributed by atoms with Crippen LogP contribution < -0.4 is 0 Å². The second-order valence-electron chi connectivity index (χ2n) is 3.44. The molecule has 0 saturated heterocycles. The van der Waals surface area contributed by atoms with E-state index in [1.54, 1.807) is 14.2 Å². The summed E-state index contributed by atoms with van der Waals surface area (Å²) in [6, 6.07) is 10.5. The highest BCUT2D eigenvalue weighted by Gasteiger charge is 1.84. The zero-order chi connectivity index (χ0) is 12.8. The Labute approximate surface area is 105 Å². The molecule has 0 aliphatic rings. The highest BCUT2D eigenvalue weighted by atomic mass is 16.5. The van der Waals surface area contributed by atoms with Crippen molar-refractivity contribution >= 4 is 0 Å². The lowest BCUT2D eigenvalue weighted by molar-refractivity contribution is 0.0385. The van der Waals surface area contributed by atoms with E-state index in [4.69, 9.17) is 14.2 Å². The van der Waals surface area contributed by atoms with Gasteiger partial charge >= 0.3 is 0 Å². The van der Waals surface area contributed by atoms with Gasteiger partial charge in [-0.3, -0.25) is 0 Å². The van der Waals surface area contributed by atoms with Gasteiger partial charge in [-0.25, -0.2) is 0 Å². The van der Waals surface area contributed by atoms with E-state index in [-0.39, 0.29) is 0 Å². The topological polar surface area (TPSA) is 27.7 Å². The molecule has 0 aromatic heterocycles. The summed E-state index contributed by atoms with van der Waals surface area (Å²) in [4.78, 5) is 0. The van der Waals surface area contributed by atoms with E-state index >= 15 is 0 Å². The minimum Gasteiger partial charge on any atom is -0.382 e. The standard InChI is InChI=1S/C8H10.C6H14O3/c1-2-8-6-4-3-5-7-8;1-7-3-5-9-6-4-8-2/h3-7H,2H2,1H3;3-6H2,1-2H3. The van der Waals surface area contributed by atoms with Crippen molar-refractivity contribution in [3.05, 3.63) is 35.9 Å². The molecule has 0 spiro atoms. The van der Waals surface area contributed by atoms with Crippen LogP contribution in [-0.2, 0) is 20.6 Å². The molecule has 0 radical (unpaired) electrons. The fourth-order valence-electron chi connectivity index (χ4n) is 1.10. The molecular weight excluding hydrogens is 216 g/mol. The maximum absolute atomic E-state index is 5.06. The summed E-state index contributed by atoms with van der Waals surface area (Å²) in [5, 5.41) is 0. The Hall–Kier alpha value is -0.900. The predicted octanol–water partition coefficient (Wildman–Crippen LogP) is 2.54. The maximum atomic E-state index is 5.06. The van der Waals surface area contributed by atoms with Gasteiger partial charge in [-0.15, -0.1) is 0 Å². The van der Waals surface area contributed by atoms with Gasteiger partial charge in [0.15, 0.2) is 0 Å². The Morgan fingerprint density at radius 2 is 1.35 bits per heavy atom. The van der Waals surface area contributed by atoms with Gasteiger partial charge in [-0.05, 0) is 12.0 Å². The molecule has 3 nitrogen and oxygen atoms in total. The van der Waals surface area contributed by atoms with Crippen LogP contribution in [0.1, 0.15) is 12.5 Å². The van der Waals surface area contributed by atoms with E-state index in [0.29, 0.717) is 26.4 Å². The Morgan fingerprint density at radius 1 is 0.824 bits per heavy atom. The Balaban J connectivity index is 0.000000302. The molecule has 0 amide bonds. The number of hydrogen-bond acceptors (Lipinski definition) is 3. The van der Waals surface area contributed by atoms with E-state index in [2.05, 4.69) is 31.2 Å². The minimum absolute atomic E-state index is 0.653. The normalized spacial score (nSPS) is 9.59. The first-order chi connectivity index (χ1) is 8.35. The van der Waals surface area contributed by atoms with E-state index in [1.165, 1.54) is 5.56 Å². The third-order valence-corrected chi connectivity index (χ3v) is 2.11. The van der Waals surface area contributed by atoms with Crippen molar-refractivity contribution in [2.75, 3.05) is 40.6 Å². The largest absolute Gasteiger partial charge is 0.382 e. The van der Waals surface area contributed by atoms with Gasteiger partial charge in [0.1, 0.15) is 0 Å². The summed E-state index contributed by atoms with van der Waals surface area (Å²) in [6.45, 7) is 4.78. The van der Waals surface area contributed by atoms with Crippen molar-refractivity contribution in [3.63, 3.8) is 0 Å². The van der Waals surface area contributed by atoms with Gasteiger partial charge in [-0.2, -0.15) is 0 Å². The van der Waals surface area contributed by atoms with Crippen LogP contribution in [0.15, 0.2) is 30.3 Å². The lowest BCUT2D eigenvalue weighted by Gasteiger charge is -2.00. The van der Waals surface area contributed by atoms with Crippen molar-refractivity contribution in [1.82, 2.24) is 0 Å². The van der Waals surface area contributed by atoms with E-state index in [1.807, 2.05) is 6.07 Å². The van der Waals surface area contributed by atoms with Crippen LogP contribution in [0.4, 0.5) is 0 Å². The molecule has 0 fully saturated rings. The van der Waals surface area contributed by atoms with Gasteiger partial charge in [-0.1, -0.05) is 37.3 Å². The summed E-state index contributed by atoms with van der Waals surface area (Å²) in [7, 11) is 3.30. The molecule has 17 heavy (non-hydrogen) atoms. The summed E-state index contributed by atoms with van der Waals surface area (Å²) < 4.78 is 14.6. The summed E-state index contributed by atoms with van der Waals surface area (Å²) in [5.74, 6) is 0. The van der Waals surface area contributed by atoms with E-state index in [0.717, 1.165) is 6.42 Å². The van der Waals surface area contributed by atoms with Gasteiger partial charge < -0.3 is 14.2 Å². The van der Waals surface area contributed by atoms with Crippen LogP contribution in [0.25, 0.3) is 0 Å². The highest BCUT2D eigenvalue weighted by Crippen LogP contribution is 1.96. The van der Waals surface area contributed by atoms with Crippen LogP contribution >= 0.6 is 0 Å². The van der Waals surface area contributed by atoms with Crippen LogP contribution in [-0.4, -0.2) is 40.6 Å². The van der Waals surface area contributed by atoms with E-state index < -0.39 is 0 Å². The lowest BCUT2D eigenvalue weighted by Crippen LogP contribution is -2.06. The molecule has 1 aromatic carbocycles. The molecule has 0 N–H and O–H groups in total. The second kappa shape index (κ2) is 13.2. The first-order valence-electron chi connectivity index (χ1n) is 5.94. The van der Waals surface area contributed by atoms with Crippen molar-refractivity contribution in [1.29, 1.82) is 0 Å². The van der Waals surface area contributed by atoms with Crippen LogP contribution in [0.3, 0.4) is 0 Å². The maximum Gasteiger partial charge on any atom is 0.0701 e. The molecule has 0 aliphatic heterocycles. The van der Waals surface area contributed by atoms with Gasteiger partial charge in [0.2, 0.25) is 0 Å². The lowest BCUT2D eigenvalue weighted by atomic mass is 10.2. The first kappa shape index (κ1) is 16.1. The number of methoxy groups -OCH3 is 2. The smallest absolute Gasteiger partial charge is 0.0701 e. The number of aryl methyl sites for hydroxylation is 1. The first-order valence-corrected chi connectivity index (χ1v) is 5.94.